The predicted molar refractivity (Wildman–Crippen MR) is 115 cm³/mol. The first kappa shape index (κ1) is 17.9. The standard InChI is InChI=1S/C24H23N3O2/c28-24-26-21-11-5-10-20(23(21)29-24)22-15-25-12-13-27(22)16-17-6-4-9-19(14-17)18-7-2-1-3-8-18/h1-11,14,22,25H,12-13,15-16H2,(H,26,28). The van der Waals surface area contributed by atoms with Crippen molar-refractivity contribution in [3.63, 3.8) is 0 Å². The molecular weight excluding hydrogens is 362 g/mol. The SMILES string of the molecule is O=c1[nH]c2cccc(C3CNCCN3Cc3cccc(-c4ccccc4)c3)c2o1. The molecule has 1 atom stereocenters. The minimum absolute atomic E-state index is 0.145. The van der Waals surface area contributed by atoms with E-state index in [9.17, 15) is 4.79 Å². The maximum absolute atomic E-state index is 11.7. The molecule has 5 heteroatoms. The molecule has 0 radical (unpaired) electrons. The smallest absolute Gasteiger partial charge is 0.407 e. The molecule has 1 saturated heterocycles. The van der Waals surface area contributed by atoms with E-state index in [1.165, 1.54) is 16.7 Å². The van der Waals surface area contributed by atoms with Crippen molar-refractivity contribution in [2.75, 3.05) is 19.6 Å². The number of rotatable bonds is 4. The van der Waals surface area contributed by atoms with Crippen molar-refractivity contribution in [1.82, 2.24) is 15.2 Å². The number of aromatic nitrogens is 1. The van der Waals surface area contributed by atoms with Crippen LogP contribution >= 0.6 is 0 Å². The average Bonchev–Trinajstić information content (AvgIpc) is 3.15. The van der Waals surface area contributed by atoms with Crippen LogP contribution in [0.15, 0.2) is 82.0 Å². The van der Waals surface area contributed by atoms with Gasteiger partial charge in [0, 0.05) is 31.7 Å². The Hall–Kier alpha value is -3.15. The highest BCUT2D eigenvalue weighted by molar-refractivity contribution is 5.76. The zero-order valence-electron chi connectivity index (χ0n) is 16.1. The van der Waals surface area contributed by atoms with Gasteiger partial charge in [0.05, 0.1) is 11.6 Å². The second-order valence-corrected chi connectivity index (χ2v) is 7.50. The summed E-state index contributed by atoms with van der Waals surface area (Å²) < 4.78 is 5.46. The van der Waals surface area contributed by atoms with Gasteiger partial charge in [-0.15, -0.1) is 0 Å². The second-order valence-electron chi connectivity index (χ2n) is 7.50. The van der Waals surface area contributed by atoms with Crippen LogP contribution in [0.2, 0.25) is 0 Å². The molecule has 0 saturated carbocycles. The molecule has 1 aliphatic heterocycles. The van der Waals surface area contributed by atoms with Gasteiger partial charge < -0.3 is 9.73 Å². The molecule has 5 nitrogen and oxygen atoms in total. The van der Waals surface area contributed by atoms with Crippen molar-refractivity contribution in [2.45, 2.75) is 12.6 Å². The van der Waals surface area contributed by atoms with E-state index in [1.807, 2.05) is 18.2 Å². The van der Waals surface area contributed by atoms with E-state index in [4.69, 9.17) is 4.42 Å². The summed E-state index contributed by atoms with van der Waals surface area (Å²) in [6.07, 6.45) is 0. The summed E-state index contributed by atoms with van der Waals surface area (Å²) in [4.78, 5) is 16.9. The van der Waals surface area contributed by atoms with Crippen LogP contribution in [0.1, 0.15) is 17.2 Å². The highest BCUT2D eigenvalue weighted by atomic mass is 16.4. The summed E-state index contributed by atoms with van der Waals surface area (Å²) in [7, 11) is 0. The molecule has 0 spiro atoms. The van der Waals surface area contributed by atoms with Crippen LogP contribution < -0.4 is 11.1 Å². The number of benzene rings is 3. The Labute approximate surface area is 169 Å². The molecule has 4 aromatic rings. The molecule has 2 heterocycles. The van der Waals surface area contributed by atoms with E-state index in [2.05, 4.69) is 69.8 Å². The number of hydrogen-bond acceptors (Lipinski definition) is 4. The van der Waals surface area contributed by atoms with E-state index in [0.29, 0.717) is 5.58 Å². The fourth-order valence-electron chi connectivity index (χ4n) is 4.21. The molecule has 29 heavy (non-hydrogen) atoms. The molecule has 1 aliphatic rings. The molecule has 1 unspecified atom stereocenters. The summed E-state index contributed by atoms with van der Waals surface area (Å²) in [5.41, 5.74) is 6.20. The maximum atomic E-state index is 11.7. The van der Waals surface area contributed by atoms with Crippen molar-refractivity contribution < 1.29 is 4.42 Å². The van der Waals surface area contributed by atoms with Gasteiger partial charge in [-0.2, -0.15) is 0 Å². The highest BCUT2D eigenvalue weighted by Gasteiger charge is 2.26. The number of oxazole rings is 1. The largest absolute Gasteiger partial charge is 0.417 e. The van der Waals surface area contributed by atoms with Crippen molar-refractivity contribution in [3.8, 4) is 11.1 Å². The molecule has 5 rings (SSSR count). The Bertz CT molecular complexity index is 1180. The van der Waals surface area contributed by atoms with Gasteiger partial charge in [-0.3, -0.25) is 9.88 Å². The number of para-hydroxylation sites is 1. The molecule has 0 amide bonds. The van der Waals surface area contributed by atoms with Gasteiger partial charge in [-0.05, 0) is 28.8 Å². The van der Waals surface area contributed by atoms with Gasteiger partial charge in [0.2, 0.25) is 0 Å². The normalized spacial score (nSPS) is 17.6. The Morgan fingerprint density at radius 2 is 1.79 bits per heavy atom. The first-order chi connectivity index (χ1) is 14.3. The Balaban J connectivity index is 1.46. The van der Waals surface area contributed by atoms with Crippen molar-refractivity contribution in [3.05, 3.63) is 94.5 Å². The zero-order valence-corrected chi connectivity index (χ0v) is 16.1. The van der Waals surface area contributed by atoms with Gasteiger partial charge in [-0.1, -0.05) is 60.7 Å². The molecule has 146 valence electrons. The van der Waals surface area contributed by atoms with E-state index < -0.39 is 5.76 Å². The summed E-state index contributed by atoms with van der Waals surface area (Å²) in [6, 6.07) is 25.3. The summed E-state index contributed by atoms with van der Waals surface area (Å²) in [5.74, 6) is -0.404. The lowest BCUT2D eigenvalue weighted by Gasteiger charge is -2.36. The third-order valence-corrected chi connectivity index (χ3v) is 5.61. The Kier molecular flexibility index (Phi) is 4.76. The third kappa shape index (κ3) is 3.62. The quantitative estimate of drug-likeness (QED) is 0.559. The lowest BCUT2D eigenvalue weighted by Crippen LogP contribution is -2.45. The van der Waals surface area contributed by atoms with Gasteiger partial charge in [0.1, 0.15) is 0 Å². The average molecular weight is 385 g/mol. The number of piperazine rings is 1. The predicted octanol–water partition coefficient (Wildman–Crippen LogP) is 3.93. The molecule has 0 bridgehead atoms. The first-order valence-corrected chi connectivity index (χ1v) is 9.99. The number of H-pyrrole nitrogens is 1. The van der Waals surface area contributed by atoms with Gasteiger partial charge >= 0.3 is 5.76 Å². The van der Waals surface area contributed by atoms with Crippen LogP contribution in [-0.2, 0) is 6.54 Å². The monoisotopic (exact) mass is 385 g/mol. The minimum atomic E-state index is -0.404. The molecule has 1 fully saturated rings. The molecule has 1 aromatic heterocycles. The maximum Gasteiger partial charge on any atom is 0.417 e. The molecule has 2 N–H and O–H groups in total. The highest BCUT2D eigenvalue weighted by Crippen LogP contribution is 2.30. The van der Waals surface area contributed by atoms with Crippen LogP contribution in [0.5, 0.6) is 0 Å². The second kappa shape index (κ2) is 7.70. The van der Waals surface area contributed by atoms with Crippen molar-refractivity contribution >= 4 is 11.1 Å². The number of hydrogen-bond donors (Lipinski definition) is 2. The van der Waals surface area contributed by atoms with Gasteiger partial charge in [0.25, 0.3) is 0 Å². The van der Waals surface area contributed by atoms with E-state index >= 15 is 0 Å². The van der Waals surface area contributed by atoms with E-state index in [0.717, 1.165) is 37.3 Å². The van der Waals surface area contributed by atoms with Crippen LogP contribution in [0.25, 0.3) is 22.2 Å². The third-order valence-electron chi connectivity index (χ3n) is 5.61. The number of fused-ring (bicyclic) bond motifs is 1. The van der Waals surface area contributed by atoms with E-state index in [1.54, 1.807) is 0 Å². The van der Waals surface area contributed by atoms with Gasteiger partial charge in [-0.25, -0.2) is 4.79 Å². The molecule has 0 aliphatic carbocycles. The molecular formula is C24H23N3O2. The molecule has 3 aromatic carbocycles. The first-order valence-electron chi connectivity index (χ1n) is 9.99. The topological polar surface area (TPSA) is 61.3 Å². The van der Waals surface area contributed by atoms with E-state index in [-0.39, 0.29) is 6.04 Å². The van der Waals surface area contributed by atoms with Crippen molar-refractivity contribution in [1.29, 1.82) is 0 Å². The lowest BCUT2D eigenvalue weighted by molar-refractivity contribution is 0.154. The van der Waals surface area contributed by atoms with Crippen molar-refractivity contribution in [2.24, 2.45) is 0 Å². The van der Waals surface area contributed by atoms with Crippen LogP contribution in [0.3, 0.4) is 0 Å². The number of nitrogens with zero attached hydrogens (tertiary/aromatic N) is 1. The fourth-order valence-corrected chi connectivity index (χ4v) is 4.21. The number of nitrogens with one attached hydrogen (secondary N) is 2. The lowest BCUT2D eigenvalue weighted by atomic mass is 9.99. The zero-order chi connectivity index (χ0) is 19.6. The summed E-state index contributed by atoms with van der Waals surface area (Å²) >= 11 is 0. The van der Waals surface area contributed by atoms with Crippen LogP contribution in [0, 0.1) is 0 Å². The fraction of sp³-hybridized carbons (Fsp3) is 0.208. The number of aromatic amines is 1. The minimum Gasteiger partial charge on any atom is -0.407 e. The summed E-state index contributed by atoms with van der Waals surface area (Å²) in [6.45, 7) is 3.55. The van der Waals surface area contributed by atoms with Crippen LogP contribution in [-0.4, -0.2) is 29.5 Å². The Morgan fingerprint density at radius 3 is 2.69 bits per heavy atom. The summed E-state index contributed by atoms with van der Waals surface area (Å²) in [5, 5.41) is 3.49. The Morgan fingerprint density at radius 1 is 0.966 bits per heavy atom. The van der Waals surface area contributed by atoms with Gasteiger partial charge in [0.15, 0.2) is 5.58 Å². The van der Waals surface area contributed by atoms with Crippen LogP contribution in [0.4, 0.5) is 0 Å².